The number of amides is 1. The number of nitrogens with zero attached hydrogens (tertiary/aromatic N) is 1. The lowest BCUT2D eigenvalue weighted by Crippen LogP contribution is -2.54. The molecule has 1 fully saturated rings. The molecular formula is C34H43ClN2O8S2. The van der Waals surface area contributed by atoms with Gasteiger partial charge in [0.15, 0.2) is 0 Å². The molecule has 13 heteroatoms. The van der Waals surface area contributed by atoms with Crippen molar-refractivity contribution in [1.82, 2.24) is 4.72 Å². The Kier molecular flexibility index (Phi) is 9.23. The van der Waals surface area contributed by atoms with E-state index >= 15 is 0 Å². The van der Waals surface area contributed by atoms with Gasteiger partial charge in [0.1, 0.15) is 11.4 Å². The van der Waals surface area contributed by atoms with Gasteiger partial charge in [0.2, 0.25) is 10.0 Å². The van der Waals surface area contributed by atoms with Crippen molar-refractivity contribution < 1.29 is 35.7 Å². The van der Waals surface area contributed by atoms with Crippen molar-refractivity contribution in [3.05, 3.63) is 70.3 Å². The Morgan fingerprint density at radius 2 is 1.96 bits per heavy atom. The third-order valence-electron chi connectivity index (χ3n) is 10.8. The van der Waals surface area contributed by atoms with Crippen molar-refractivity contribution in [3.8, 4) is 5.75 Å². The van der Waals surface area contributed by atoms with Gasteiger partial charge in [-0.2, -0.15) is 8.42 Å². The van der Waals surface area contributed by atoms with Crippen LogP contribution in [0.1, 0.15) is 67.4 Å². The first-order valence-corrected chi connectivity index (χ1v) is 19.9. The number of benzene rings is 2. The van der Waals surface area contributed by atoms with Crippen molar-refractivity contribution in [2.75, 3.05) is 37.5 Å². The highest BCUT2D eigenvalue weighted by Gasteiger charge is 2.48. The van der Waals surface area contributed by atoms with Crippen LogP contribution in [0.5, 0.6) is 5.75 Å². The third kappa shape index (κ3) is 6.94. The number of hydrogen-bond donors (Lipinski definition) is 2. The van der Waals surface area contributed by atoms with Crippen LogP contribution in [0.4, 0.5) is 5.69 Å². The lowest BCUT2D eigenvalue weighted by molar-refractivity contribution is -0.0697. The maximum Gasteiger partial charge on any atom is 0.264 e. The van der Waals surface area contributed by atoms with Crippen LogP contribution in [0.2, 0.25) is 5.02 Å². The highest BCUT2D eigenvalue weighted by molar-refractivity contribution is 7.90. The zero-order valence-corrected chi connectivity index (χ0v) is 29.3. The number of aliphatic hydroxyl groups is 1. The molecule has 1 unspecified atom stereocenters. The summed E-state index contributed by atoms with van der Waals surface area (Å²) in [5.74, 6) is -0.901. The molecule has 1 amide bonds. The van der Waals surface area contributed by atoms with Crippen molar-refractivity contribution in [3.63, 3.8) is 0 Å². The molecule has 2 aliphatic heterocycles. The van der Waals surface area contributed by atoms with Gasteiger partial charge < -0.3 is 14.7 Å². The smallest absolute Gasteiger partial charge is 0.264 e. The van der Waals surface area contributed by atoms with Gasteiger partial charge in [-0.3, -0.25) is 8.98 Å². The second kappa shape index (κ2) is 12.7. The Labute approximate surface area is 282 Å². The predicted molar refractivity (Wildman–Crippen MR) is 181 cm³/mol. The largest absolute Gasteiger partial charge is 0.490 e. The summed E-state index contributed by atoms with van der Waals surface area (Å²) in [6.45, 7) is 4.32. The monoisotopic (exact) mass is 706 g/mol. The number of nitrogens with one attached hydrogen (secondary N) is 1. The average molecular weight is 707 g/mol. The molecule has 0 aromatic heterocycles. The van der Waals surface area contributed by atoms with E-state index in [1.165, 1.54) is 11.1 Å². The van der Waals surface area contributed by atoms with E-state index in [9.17, 15) is 26.7 Å². The first-order valence-electron chi connectivity index (χ1n) is 16.2. The molecule has 10 nitrogen and oxygen atoms in total. The molecule has 1 saturated carbocycles. The minimum absolute atomic E-state index is 0.0359. The Bertz CT molecular complexity index is 1800. The molecule has 4 aliphatic rings. The minimum atomic E-state index is -4.06. The van der Waals surface area contributed by atoms with Crippen molar-refractivity contribution in [2.24, 2.45) is 17.8 Å². The summed E-state index contributed by atoms with van der Waals surface area (Å²) in [6, 6.07) is 11.0. The molecule has 1 spiro atoms. The standard InChI is InChI=1S/C34H43ClN2O8S2/c1-22-6-4-15-34(39,21-45-46(3,40)41)29-11-8-26(29)18-37-19-33(14-5-7-24-16-27(35)10-12-28(24)33)20-44-31-13-9-25(17-30(31)37)32(38)36-47(42,43)23(22)2/h4,9-10,12-13,15-17,22-23,26,29,39H,5-8,11,14,18-21H2,1-3H3,(H,36,38)/b15-4-/t22-,23+,26-,29+,33-,34?/m0/s1. The number of allylic oxidation sites excluding steroid dienone is 1. The van der Waals surface area contributed by atoms with E-state index in [1.54, 1.807) is 44.2 Å². The summed E-state index contributed by atoms with van der Waals surface area (Å²) in [4.78, 5) is 15.6. The van der Waals surface area contributed by atoms with Crippen molar-refractivity contribution in [1.29, 1.82) is 0 Å². The van der Waals surface area contributed by atoms with Crippen molar-refractivity contribution >= 4 is 43.3 Å². The number of sulfonamides is 1. The molecule has 256 valence electrons. The number of fused-ring (bicyclic) bond motifs is 4. The van der Waals surface area contributed by atoms with E-state index in [2.05, 4.69) is 15.7 Å². The normalized spacial score (nSPS) is 33.0. The molecule has 2 bridgehead atoms. The van der Waals surface area contributed by atoms with Crippen LogP contribution in [0.25, 0.3) is 0 Å². The molecule has 0 radical (unpaired) electrons. The maximum atomic E-state index is 13.4. The molecule has 2 aliphatic carbocycles. The highest BCUT2D eigenvalue weighted by atomic mass is 35.5. The number of hydrogen-bond acceptors (Lipinski definition) is 9. The molecule has 6 rings (SSSR count). The fourth-order valence-electron chi connectivity index (χ4n) is 7.73. The molecule has 2 aromatic rings. The molecule has 2 aromatic carbocycles. The van der Waals surface area contributed by atoms with Gasteiger partial charge in [-0.25, -0.2) is 13.1 Å². The molecule has 2 N–H and O–H groups in total. The van der Waals surface area contributed by atoms with E-state index in [4.69, 9.17) is 20.5 Å². The summed E-state index contributed by atoms with van der Waals surface area (Å²) in [6.07, 6.45) is 8.70. The van der Waals surface area contributed by atoms with Gasteiger partial charge in [-0.05, 0) is 105 Å². The van der Waals surface area contributed by atoms with Crippen LogP contribution in [-0.2, 0) is 36.2 Å². The SMILES string of the molecule is C[C@@H]1[C@@H](C)C/C=C\C(O)(COS(C)(=O)=O)[C@@H]2CC[C@H]2CN2C[C@@]3(CCCc4cc(Cl)ccc43)COc3ccc(cc32)C(=O)NS1(=O)=O. The van der Waals surface area contributed by atoms with Gasteiger partial charge in [0.25, 0.3) is 16.0 Å². The Morgan fingerprint density at radius 1 is 1.17 bits per heavy atom. The van der Waals surface area contributed by atoms with Gasteiger partial charge in [-0.15, -0.1) is 0 Å². The lowest BCUT2D eigenvalue weighted by atomic mass is 9.64. The molecule has 47 heavy (non-hydrogen) atoms. The highest BCUT2D eigenvalue weighted by Crippen LogP contribution is 2.48. The first kappa shape index (κ1) is 34.2. The zero-order chi connectivity index (χ0) is 33.8. The summed E-state index contributed by atoms with van der Waals surface area (Å²) in [7, 11) is -7.90. The van der Waals surface area contributed by atoms with Crippen LogP contribution in [0.3, 0.4) is 0 Å². The number of carbonyl (C=O) groups excluding carboxylic acids is 1. The second-order valence-electron chi connectivity index (χ2n) is 14.0. The maximum absolute atomic E-state index is 13.4. The average Bonchev–Trinajstić information content (AvgIpc) is 3.13. The van der Waals surface area contributed by atoms with E-state index in [1.807, 2.05) is 12.1 Å². The number of halogens is 1. The summed E-state index contributed by atoms with van der Waals surface area (Å²) in [5, 5.41) is 11.8. The van der Waals surface area contributed by atoms with Crippen LogP contribution in [0, 0.1) is 17.8 Å². The van der Waals surface area contributed by atoms with E-state index < -0.39 is 49.4 Å². The van der Waals surface area contributed by atoms with Gasteiger partial charge in [0, 0.05) is 29.1 Å². The molecule has 0 saturated heterocycles. The number of carbonyl (C=O) groups is 1. The van der Waals surface area contributed by atoms with Crippen LogP contribution in [0.15, 0.2) is 48.6 Å². The summed E-state index contributed by atoms with van der Waals surface area (Å²) < 4.78 is 64.7. The van der Waals surface area contributed by atoms with Gasteiger partial charge in [0.05, 0.1) is 30.4 Å². The number of rotatable bonds is 3. The van der Waals surface area contributed by atoms with Gasteiger partial charge >= 0.3 is 0 Å². The fourth-order valence-corrected chi connectivity index (χ4v) is 9.61. The number of anilines is 1. The van der Waals surface area contributed by atoms with Crippen LogP contribution < -0.4 is 14.4 Å². The quantitative estimate of drug-likeness (QED) is 0.347. The summed E-state index contributed by atoms with van der Waals surface area (Å²) in [5.41, 5.74) is 1.23. The van der Waals surface area contributed by atoms with Gasteiger partial charge in [-0.1, -0.05) is 36.7 Å². The minimum Gasteiger partial charge on any atom is -0.490 e. The summed E-state index contributed by atoms with van der Waals surface area (Å²) >= 11 is 6.40. The Balaban J connectivity index is 1.45. The lowest BCUT2D eigenvalue weighted by Gasteiger charge is -2.49. The third-order valence-corrected chi connectivity index (χ3v) is 13.5. The first-order chi connectivity index (χ1) is 22.1. The van der Waals surface area contributed by atoms with E-state index in [-0.39, 0.29) is 29.2 Å². The topological polar surface area (TPSA) is 139 Å². The van der Waals surface area contributed by atoms with Crippen LogP contribution in [-0.4, -0.2) is 71.3 Å². The number of aryl methyl sites for hydroxylation is 1. The molecule has 2 heterocycles. The second-order valence-corrected chi connectivity index (χ2v) is 18.1. The zero-order valence-electron chi connectivity index (χ0n) is 26.9. The van der Waals surface area contributed by atoms with Crippen molar-refractivity contribution in [2.45, 2.75) is 68.6 Å². The fraction of sp³-hybridized carbons (Fsp3) is 0.559. The predicted octanol–water partition coefficient (Wildman–Crippen LogP) is 4.59. The van der Waals surface area contributed by atoms with Crippen LogP contribution >= 0.6 is 11.6 Å². The van der Waals surface area contributed by atoms with E-state index in [0.717, 1.165) is 31.9 Å². The number of ether oxygens (including phenoxy) is 1. The molecule has 6 atom stereocenters. The Hall–Kier alpha value is -2.64. The Morgan fingerprint density at radius 3 is 2.68 bits per heavy atom. The van der Waals surface area contributed by atoms with E-state index in [0.29, 0.717) is 42.6 Å². The molecular weight excluding hydrogens is 664 g/mol.